The third kappa shape index (κ3) is 4.34. The van der Waals surface area contributed by atoms with Gasteiger partial charge in [0.15, 0.2) is 5.69 Å². The van der Waals surface area contributed by atoms with Crippen molar-refractivity contribution < 1.29 is 5.11 Å². The van der Waals surface area contributed by atoms with Crippen molar-refractivity contribution in [2.75, 3.05) is 5.32 Å². The normalized spacial score (nSPS) is 11.3. The molecule has 0 aliphatic rings. The molecule has 0 fully saturated rings. The molecule has 31 heavy (non-hydrogen) atoms. The Labute approximate surface area is 187 Å². The van der Waals surface area contributed by atoms with Crippen molar-refractivity contribution >= 4 is 39.6 Å². The Morgan fingerprint density at radius 2 is 1.61 bits per heavy atom. The van der Waals surface area contributed by atoms with Crippen LogP contribution in [0.3, 0.4) is 0 Å². The minimum atomic E-state index is 0.0698. The number of thiocarbonyl (C=S) groups is 1. The number of nitrogens with one attached hydrogen (secondary N) is 1. The molecule has 0 bridgehead atoms. The molecule has 0 atom stereocenters. The summed E-state index contributed by atoms with van der Waals surface area (Å²) in [5.74, 6) is 0.0698. The van der Waals surface area contributed by atoms with Gasteiger partial charge in [0.05, 0.1) is 12.1 Å². The molecule has 156 valence electrons. The number of rotatable bonds is 4. The summed E-state index contributed by atoms with van der Waals surface area (Å²) in [7, 11) is 0. The van der Waals surface area contributed by atoms with E-state index in [-0.39, 0.29) is 11.0 Å². The third-order valence-corrected chi connectivity index (χ3v) is 5.52. The number of nitrogens with zero attached hydrogens (tertiary/aromatic N) is 3. The summed E-state index contributed by atoms with van der Waals surface area (Å²) in [5, 5.41) is 23.7. The average molecular weight is 429 g/mol. The van der Waals surface area contributed by atoms with Crippen LogP contribution in [0.4, 0.5) is 11.4 Å². The molecular weight excluding hydrogens is 404 g/mol. The van der Waals surface area contributed by atoms with Gasteiger partial charge in [-0.15, -0.1) is 10.2 Å². The predicted molar refractivity (Wildman–Crippen MR) is 131 cm³/mol. The number of fused-ring (bicyclic) bond motifs is 1. The van der Waals surface area contributed by atoms with Gasteiger partial charge in [-0.05, 0) is 55.7 Å². The molecule has 0 radical (unpaired) electrons. The summed E-state index contributed by atoms with van der Waals surface area (Å²) in [4.78, 5) is 0. The van der Waals surface area contributed by atoms with Gasteiger partial charge in [-0.3, -0.25) is 0 Å². The Bertz CT molecular complexity index is 1270. The number of anilines is 1. The molecule has 0 amide bonds. The van der Waals surface area contributed by atoms with Crippen LogP contribution < -0.4 is 5.32 Å². The van der Waals surface area contributed by atoms with Crippen LogP contribution in [-0.2, 0) is 6.54 Å². The van der Waals surface area contributed by atoms with Crippen molar-refractivity contribution in [1.82, 2.24) is 4.57 Å². The standard InChI is InChI=1S/C25H24N4OS/c1-16-11-13-19(14-12-16)15-29-21-10-5-4-9-20(21)23(24(29)30)27-28-25(31)26-22-17(2)7-6-8-18(22)3/h4-14,30H,15H2,1-3H3,(H,26,31). The molecule has 0 spiro atoms. The minimum Gasteiger partial charge on any atom is -0.493 e. The third-order valence-electron chi connectivity index (χ3n) is 5.33. The van der Waals surface area contributed by atoms with Crippen LogP contribution in [-0.4, -0.2) is 14.8 Å². The number of aromatic nitrogens is 1. The smallest absolute Gasteiger partial charge is 0.221 e. The Kier molecular flexibility index (Phi) is 5.82. The summed E-state index contributed by atoms with van der Waals surface area (Å²) in [6.07, 6.45) is 0. The van der Waals surface area contributed by atoms with Gasteiger partial charge < -0.3 is 15.0 Å². The Morgan fingerprint density at radius 1 is 0.935 bits per heavy atom. The first kappa shape index (κ1) is 20.8. The molecule has 2 N–H and O–H groups in total. The number of hydrogen-bond acceptors (Lipinski definition) is 3. The number of azo groups is 1. The van der Waals surface area contributed by atoms with Gasteiger partial charge in [0.25, 0.3) is 0 Å². The molecule has 0 saturated carbocycles. The van der Waals surface area contributed by atoms with E-state index in [1.165, 1.54) is 5.56 Å². The van der Waals surface area contributed by atoms with Crippen molar-refractivity contribution in [2.24, 2.45) is 10.2 Å². The fourth-order valence-electron chi connectivity index (χ4n) is 3.65. The lowest BCUT2D eigenvalue weighted by atomic mass is 10.1. The zero-order chi connectivity index (χ0) is 22.0. The van der Waals surface area contributed by atoms with Gasteiger partial charge in [-0.2, -0.15) is 0 Å². The molecule has 0 saturated heterocycles. The van der Waals surface area contributed by atoms with Crippen molar-refractivity contribution in [3.8, 4) is 5.88 Å². The quantitative estimate of drug-likeness (QED) is 0.277. The molecule has 4 aromatic rings. The average Bonchev–Trinajstić information content (AvgIpc) is 3.02. The maximum atomic E-state index is 11.0. The summed E-state index contributed by atoms with van der Waals surface area (Å²) in [5.41, 5.74) is 6.68. The van der Waals surface area contributed by atoms with Crippen molar-refractivity contribution in [3.63, 3.8) is 0 Å². The molecular formula is C25H24N4OS. The lowest BCUT2D eigenvalue weighted by molar-refractivity contribution is 0.429. The first-order chi connectivity index (χ1) is 14.9. The highest BCUT2D eigenvalue weighted by atomic mass is 32.1. The maximum absolute atomic E-state index is 11.0. The monoisotopic (exact) mass is 428 g/mol. The highest BCUT2D eigenvalue weighted by Gasteiger charge is 2.17. The van der Waals surface area contributed by atoms with Crippen LogP contribution in [0, 0.1) is 20.8 Å². The van der Waals surface area contributed by atoms with E-state index in [2.05, 4.69) is 46.7 Å². The van der Waals surface area contributed by atoms with Crippen LogP contribution in [0.5, 0.6) is 5.88 Å². The molecule has 0 aliphatic carbocycles. The van der Waals surface area contributed by atoms with Crippen LogP contribution in [0.25, 0.3) is 10.9 Å². The van der Waals surface area contributed by atoms with E-state index in [1.807, 2.05) is 60.9 Å². The number of aryl methyl sites for hydroxylation is 3. The Morgan fingerprint density at radius 3 is 2.32 bits per heavy atom. The highest BCUT2D eigenvalue weighted by Crippen LogP contribution is 2.39. The van der Waals surface area contributed by atoms with Crippen molar-refractivity contribution in [1.29, 1.82) is 0 Å². The Balaban J connectivity index is 1.65. The molecule has 4 rings (SSSR count). The molecule has 1 aromatic heterocycles. The second-order valence-electron chi connectivity index (χ2n) is 7.66. The summed E-state index contributed by atoms with van der Waals surface area (Å²) >= 11 is 5.38. The van der Waals surface area contributed by atoms with Gasteiger partial charge in [-0.25, -0.2) is 0 Å². The molecule has 5 nitrogen and oxygen atoms in total. The molecule has 1 heterocycles. The lowest BCUT2D eigenvalue weighted by Gasteiger charge is -2.10. The number of para-hydroxylation sites is 2. The van der Waals surface area contributed by atoms with Gasteiger partial charge in [-0.1, -0.05) is 66.2 Å². The second-order valence-corrected chi connectivity index (χ2v) is 8.04. The fourth-order valence-corrected chi connectivity index (χ4v) is 3.79. The second kappa shape index (κ2) is 8.70. The summed E-state index contributed by atoms with van der Waals surface area (Å²) < 4.78 is 1.84. The molecule has 0 aliphatic heterocycles. The van der Waals surface area contributed by atoms with E-state index in [4.69, 9.17) is 12.2 Å². The molecule has 6 heteroatoms. The van der Waals surface area contributed by atoms with Crippen LogP contribution in [0.2, 0.25) is 0 Å². The fraction of sp³-hybridized carbons (Fsp3) is 0.160. The van der Waals surface area contributed by atoms with Crippen molar-refractivity contribution in [2.45, 2.75) is 27.3 Å². The maximum Gasteiger partial charge on any atom is 0.221 e. The van der Waals surface area contributed by atoms with E-state index >= 15 is 0 Å². The first-order valence-electron chi connectivity index (χ1n) is 10.1. The van der Waals surface area contributed by atoms with Gasteiger partial charge in [0.1, 0.15) is 0 Å². The van der Waals surface area contributed by atoms with E-state index in [9.17, 15) is 5.11 Å². The van der Waals surface area contributed by atoms with Gasteiger partial charge in [0, 0.05) is 11.1 Å². The highest BCUT2D eigenvalue weighted by molar-refractivity contribution is 7.80. The van der Waals surface area contributed by atoms with E-state index in [0.717, 1.165) is 33.3 Å². The predicted octanol–water partition coefficient (Wildman–Crippen LogP) is 6.80. The SMILES string of the molecule is Cc1ccc(Cn2c(O)c(N=NC(=S)Nc3c(C)cccc3C)c3ccccc32)cc1. The number of hydrogen-bond donors (Lipinski definition) is 2. The zero-order valence-electron chi connectivity index (χ0n) is 17.8. The van der Waals surface area contributed by atoms with E-state index < -0.39 is 0 Å². The van der Waals surface area contributed by atoms with Crippen LogP contribution >= 0.6 is 12.2 Å². The molecule has 0 unspecified atom stereocenters. The largest absolute Gasteiger partial charge is 0.493 e. The van der Waals surface area contributed by atoms with E-state index in [1.54, 1.807) is 0 Å². The van der Waals surface area contributed by atoms with Gasteiger partial charge >= 0.3 is 0 Å². The van der Waals surface area contributed by atoms with Gasteiger partial charge in [0.2, 0.25) is 11.0 Å². The van der Waals surface area contributed by atoms with E-state index in [0.29, 0.717) is 12.2 Å². The zero-order valence-corrected chi connectivity index (χ0v) is 18.6. The summed E-state index contributed by atoms with van der Waals surface area (Å²) in [6, 6.07) is 22.0. The van der Waals surface area contributed by atoms with Crippen LogP contribution in [0.15, 0.2) is 77.0 Å². The van der Waals surface area contributed by atoms with Crippen molar-refractivity contribution in [3.05, 3.63) is 89.0 Å². The minimum absolute atomic E-state index is 0.0698. The first-order valence-corrected chi connectivity index (χ1v) is 10.5. The van der Waals surface area contributed by atoms with Crippen LogP contribution in [0.1, 0.15) is 22.3 Å². The number of aromatic hydroxyl groups is 1. The number of benzene rings is 3. The molecule has 3 aromatic carbocycles. The summed E-state index contributed by atoms with van der Waals surface area (Å²) in [6.45, 7) is 6.62. The lowest BCUT2D eigenvalue weighted by Crippen LogP contribution is -2.07. The topological polar surface area (TPSA) is 61.9 Å². The Hall–Kier alpha value is -3.51.